The zero-order chi connectivity index (χ0) is 21.1. The van der Waals surface area contributed by atoms with E-state index in [1.165, 1.54) is 16.2 Å². The minimum absolute atomic E-state index is 0.148. The molecule has 0 unspecified atom stereocenters. The van der Waals surface area contributed by atoms with E-state index in [2.05, 4.69) is 10.3 Å². The van der Waals surface area contributed by atoms with Gasteiger partial charge in [-0.3, -0.25) is 14.5 Å². The van der Waals surface area contributed by atoms with Crippen molar-refractivity contribution in [2.45, 2.75) is 50.6 Å². The number of rotatable bonds is 6. The van der Waals surface area contributed by atoms with Crippen molar-refractivity contribution < 1.29 is 14.4 Å². The molecule has 7 nitrogen and oxygen atoms in total. The van der Waals surface area contributed by atoms with E-state index in [1.54, 1.807) is 0 Å². The quantitative estimate of drug-likeness (QED) is 0.691. The van der Waals surface area contributed by atoms with E-state index in [0.29, 0.717) is 35.6 Å². The molecule has 2 fully saturated rings. The first kappa shape index (κ1) is 20.8. The van der Waals surface area contributed by atoms with Gasteiger partial charge in [-0.15, -0.1) is 11.3 Å². The molecule has 2 aromatic rings. The van der Waals surface area contributed by atoms with E-state index < -0.39 is 5.54 Å². The number of nitrogens with zero attached hydrogens (tertiary/aromatic N) is 3. The molecule has 2 aliphatic rings. The highest BCUT2D eigenvalue weighted by Gasteiger charge is 2.51. The maximum Gasteiger partial charge on any atom is 0.325 e. The Morgan fingerprint density at radius 3 is 2.77 bits per heavy atom. The highest BCUT2D eigenvalue weighted by molar-refractivity contribution is 7.07. The van der Waals surface area contributed by atoms with E-state index in [0.717, 1.165) is 18.4 Å². The van der Waals surface area contributed by atoms with Gasteiger partial charge in [0.1, 0.15) is 5.54 Å². The number of hydrogen-bond donors (Lipinski definition) is 1. The Hall–Kier alpha value is -2.45. The first-order valence-corrected chi connectivity index (χ1v) is 11.3. The lowest BCUT2D eigenvalue weighted by atomic mass is 9.98. The van der Waals surface area contributed by atoms with Gasteiger partial charge in [-0.05, 0) is 30.9 Å². The number of carbonyl (C=O) groups is 3. The van der Waals surface area contributed by atoms with Crippen LogP contribution in [0.2, 0.25) is 5.02 Å². The van der Waals surface area contributed by atoms with Gasteiger partial charge in [0.15, 0.2) is 4.80 Å². The topological polar surface area (TPSA) is 83.8 Å². The number of carbonyl (C=O) groups excluding carboxylic acids is 3. The van der Waals surface area contributed by atoms with Gasteiger partial charge in [0, 0.05) is 29.6 Å². The van der Waals surface area contributed by atoms with Crippen molar-refractivity contribution in [2.75, 3.05) is 6.54 Å². The number of aromatic nitrogens is 1. The highest BCUT2D eigenvalue weighted by atomic mass is 35.5. The molecule has 1 aliphatic carbocycles. The zero-order valence-corrected chi connectivity index (χ0v) is 18.0. The van der Waals surface area contributed by atoms with E-state index in [1.807, 2.05) is 40.4 Å². The molecule has 1 N–H and O–H groups in total. The summed E-state index contributed by atoms with van der Waals surface area (Å²) in [4.78, 5) is 43.3. The summed E-state index contributed by atoms with van der Waals surface area (Å²) in [5.41, 5.74) is 0.248. The Morgan fingerprint density at radius 1 is 1.23 bits per heavy atom. The maximum atomic E-state index is 12.6. The molecule has 1 saturated carbocycles. The lowest BCUT2D eigenvalue weighted by Crippen LogP contribution is -2.44. The fourth-order valence-corrected chi connectivity index (χ4v) is 5.01. The summed E-state index contributed by atoms with van der Waals surface area (Å²) in [5.74, 6) is -0.418. The normalized spacial score (nSPS) is 18.4. The molecule has 1 saturated heterocycles. The van der Waals surface area contributed by atoms with Crippen LogP contribution in [0.4, 0.5) is 4.79 Å². The van der Waals surface area contributed by atoms with Crippen molar-refractivity contribution in [3.63, 3.8) is 0 Å². The SMILES string of the molecule is O=C(CCCN1C(=O)NC2(CCCC2)C1=O)N=c1sccn1Cc1ccccc1Cl. The molecule has 1 aromatic carbocycles. The summed E-state index contributed by atoms with van der Waals surface area (Å²) in [6.45, 7) is 0.761. The second kappa shape index (κ2) is 8.73. The van der Waals surface area contributed by atoms with Crippen molar-refractivity contribution in [1.29, 1.82) is 0 Å². The van der Waals surface area contributed by atoms with Gasteiger partial charge in [-0.25, -0.2) is 4.79 Å². The van der Waals surface area contributed by atoms with Crippen LogP contribution in [-0.2, 0) is 16.1 Å². The standard InChI is InChI=1S/C21H23ClN4O3S/c22-16-7-2-1-6-15(16)14-25-12-13-30-20(25)23-17(27)8-5-11-26-18(28)21(24-19(26)29)9-3-4-10-21/h1-2,6-7,12-13H,3-5,8-11,14H2,(H,24,29). The van der Waals surface area contributed by atoms with E-state index in [-0.39, 0.29) is 30.8 Å². The predicted molar refractivity (Wildman–Crippen MR) is 114 cm³/mol. The molecule has 4 rings (SSSR count). The Bertz CT molecular complexity index is 1040. The number of benzene rings is 1. The number of urea groups is 1. The number of thiazole rings is 1. The van der Waals surface area contributed by atoms with E-state index in [9.17, 15) is 14.4 Å². The fraction of sp³-hybridized carbons (Fsp3) is 0.429. The number of imide groups is 1. The van der Waals surface area contributed by atoms with Crippen molar-refractivity contribution >= 4 is 40.8 Å². The summed E-state index contributed by atoms with van der Waals surface area (Å²) in [7, 11) is 0. The summed E-state index contributed by atoms with van der Waals surface area (Å²) < 4.78 is 1.88. The second-order valence-electron chi connectivity index (χ2n) is 7.69. The highest BCUT2D eigenvalue weighted by Crippen LogP contribution is 2.35. The summed E-state index contributed by atoms with van der Waals surface area (Å²) in [6, 6.07) is 7.22. The molecule has 1 aromatic heterocycles. The van der Waals surface area contributed by atoms with Gasteiger partial charge in [0.25, 0.3) is 5.91 Å². The van der Waals surface area contributed by atoms with Crippen LogP contribution in [0.5, 0.6) is 0 Å². The van der Waals surface area contributed by atoms with Gasteiger partial charge < -0.3 is 9.88 Å². The van der Waals surface area contributed by atoms with Crippen LogP contribution in [0.1, 0.15) is 44.1 Å². The maximum absolute atomic E-state index is 12.6. The third-order valence-corrected chi connectivity index (χ3v) is 6.82. The number of halogens is 1. The van der Waals surface area contributed by atoms with Crippen molar-refractivity contribution in [3.05, 3.63) is 51.2 Å². The van der Waals surface area contributed by atoms with Gasteiger partial charge >= 0.3 is 6.03 Å². The number of hydrogen-bond acceptors (Lipinski definition) is 4. The first-order chi connectivity index (χ1) is 14.5. The molecule has 1 spiro atoms. The Morgan fingerprint density at radius 2 is 2.00 bits per heavy atom. The van der Waals surface area contributed by atoms with Crippen LogP contribution in [0, 0.1) is 0 Å². The van der Waals surface area contributed by atoms with Gasteiger partial charge in [0.2, 0.25) is 5.91 Å². The number of amides is 4. The molecule has 158 valence electrons. The molecule has 2 heterocycles. The summed E-state index contributed by atoms with van der Waals surface area (Å²) in [5, 5.41) is 5.40. The monoisotopic (exact) mass is 446 g/mol. The molecule has 9 heteroatoms. The Labute approximate surface area is 183 Å². The Balaban J connectivity index is 1.35. The lowest BCUT2D eigenvalue weighted by Gasteiger charge is -2.19. The smallest absolute Gasteiger partial charge is 0.323 e. The predicted octanol–water partition coefficient (Wildman–Crippen LogP) is 3.32. The summed E-state index contributed by atoms with van der Waals surface area (Å²) >= 11 is 7.61. The average molecular weight is 447 g/mol. The largest absolute Gasteiger partial charge is 0.325 e. The van der Waals surface area contributed by atoms with Crippen LogP contribution >= 0.6 is 22.9 Å². The average Bonchev–Trinajstić information content (AvgIpc) is 3.41. The van der Waals surface area contributed by atoms with Crippen molar-refractivity contribution in [2.24, 2.45) is 4.99 Å². The van der Waals surface area contributed by atoms with Crippen LogP contribution in [0.15, 0.2) is 40.8 Å². The minimum Gasteiger partial charge on any atom is -0.323 e. The lowest BCUT2D eigenvalue weighted by molar-refractivity contribution is -0.131. The number of nitrogens with one attached hydrogen (secondary N) is 1. The molecular formula is C21H23ClN4O3S. The van der Waals surface area contributed by atoms with Gasteiger partial charge in [-0.1, -0.05) is 42.6 Å². The minimum atomic E-state index is -0.702. The molecule has 30 heavy (non-hydrogen) atoms. The third-order valence-electron chi connectivity index (χ3n) is 5.65. The summed E-state index contributed by atoms with van der Waals surface area (Å²) in [6.07, 6.45) is 5.74. The van der Waals surface area contributed by atoms with Crippen molar-refractivity contribution in [3.8, 4) is 0 Å². The fourth-order valence-electron chi connectivity index (χ4n) is 4.06. The van der Waals surface area contributed by atoms with Crippen molar-refractivity contribution in [1.82, 2.24) is 14.8 Å². The molecule has 0 bridgehead atoms. The van der Waals surface area contributed by atoms with Crippen LogP contribution in [0.25, 0.3) is 0 Å². The van der Waals surface area contributed by atoms with Crippen LogP contribution in [0.3, 0.4) is 0 Å². The molecule has 1 aliphatic heterocycles. The third kappa shape index (κ3) is 4.20. The molecule has 0 radical (unpaired) electrons. The second-order valence-corrected chi connectivity index (χ2v) is 8.97. The molecule has 4 amide bonds. The van der Waals surface area contributed by atoms with E-state index in [4.69, 9.17) is 11.6 Å². The van der Waals surface area contributed by atoms with Crippen LogP contribution < -0.4 is 10.1 Å². The van der Waals surface area contributed by atoms with Crippen LogP contribution in [-0.4, -0.2) is 39.4 Å². The molecular weight excluding hydrogens is 424 g/mol. The molecule has 0 atom stereocenters. The van der Waals surface area contributed by atoms with Gasteiger partial charge in [-0.2, -0.15) is 4.99 Å². The van der Waals surface area contributed by atoms with E-state index >= 15 is 0 Å². The van der Waals surface area contributed by atoms with Gasteiger partial charge in [0.05, 0.1) is 6.54 Å². The first-order valence-electron chi connectivity index (χ1n) is 10.1. The Kier molecular flexibility index (Phi) is 6.06. The zero-order valence-electron chi connectivity index (χ0n) is 16.5.